The molecular weight excluding hydrogens is 390 g/mol. The number of carbonyl (C=O) groups is 1. The highest BCUT2D eigenvalue weighted by atomic mass is 32.2. The Bertz CT molecular complexity index is 1330. The highest BCUT2D eigenvalue weighted by Crippen LogP contribution is 2.25. The fourth-order valence-electron chi connectivity index (χ4n) is 3.18. The molecule has 1 amide bonds. The maximum absolute atomic E-state index is 13.0. The SMILES string of the molecule is Cc1cc(S(=O)(=O)N(C)CC(=O)Nc2ccc3ncccc3c2)c2[nH]ncc2c1. The number of hydrogen-bond acceptors (Lipinski definition) is 5. The number of pyridine rings is 1. The van der Waals surface area contributed by atoms with E-state index in [9.17, 15) is 13.2 Å². The molecule has 2 N–H and O–H groups in total. The first kappa shape index (κ1) is 19.0. The van der Waals surface area contributed by atoms with E-state index in [1.165, 1.54) is 7.05 Å². The minimum Gasteiger partial charge on any atom is -0.325 e. The van der Waals surface area contributed by atoms with Gasteiger partial charge in [-0.05, 0) is 48.9 Å². The molecular formula is C20H19N5O3S. The standard InChI is InChI=1S/C20H19N5O3S/c1-13-8-15-11-22-24-20(15)18(9-13)29(27,28)25(2)12-19(26)23-16-5-6-17-14(10-16)4-3-7-21-17/h3-11H,12H2,1-2H3,(H,22,24)(H,23,26). The molecule has 148 valence electrons. The summed E-state index contributed by atoms with van der Waals surface area (Å²) in [5.41, 5.74) is 2.60. The monoisotopic (exact) mass is 409 g/mol. The van der Waals surface area contributed by atoms with Gasteiger partial charge in [-0.1, -0.05) is 6.07 Å². The van der Waals surface area contributed by atoms with Gasteiger partial charge in [0, 0.05) is 29.7 Å². The second-order valence-electron chi connectivity index (χ2n) is 6.82. The topological polar surface area (TPSA) is 108 Å². The number of anilines is 1. The number of aromatic nitrogens is 3. The zero-order chi connectivity index (χ0) is 20.6. The first-order chi connectivity index (χ1) is 13.8. The summed E-state index contributed by atoms with van der Waals surface area (Å²) in [5, 5.41) is 11.0. The predicted molar refractivity (Wildman–Crippen MR) is 111 cm³/mol. The fraction of sp³-hybridized carbons (Fsp3) is 0.150. The number of fused-ring (bicyclic) bond motifs is 2. The van der Waals surface area contributed by atoms with Crippen LogP contribution in [0.4, 0.5) is 5.69 Å². The largest absolute Gasteiger partial charge is 0.325 e. The third-order valence-electron chi connectivity index (χ3n) is 4.60. The average molecular weight is 409 g/mol. The van der Waals surface area contributed by atoms with Gasteiger partial charge >= 0.3 is 0 Å². The normalized spacial score (nSPS) is 12.0. The van der Waals surface area contributed by atoms with Crippen LogP contribution in [0, 0.1) is 6.92 Å². The molecule has 2 aromatic heterocycles. The van der Waals surface area contributed by atoms with Crippen LogP contribution >= 0.6 is 0 Å². The average Bonchev–Trinajstić information content (AvgIpc) is 3.15. The van der Waals surface area contributed by atoms with Crippen molar-refractivity contribution in [1.82, 2.24) is 19.5 Å². The van der Waals surface area contributed by atoms with Crippen molar-refractivity contribution >= 4 is 43.4 Å². The molecule has 8 nitrogen and oxygen atoms in total. The number of H-pyrrole nitrogens is 1. The Morgan fingerprint density at radius 1 is 1.17 bits per heavy atom. The van der Waals surface area contributed by atoms with Crippen LogP contribution < -0.4 is 5.32 Å². The maximum atomic E-state index is 13.0. The number of aryl methyl sites for hydroxylation is 1. The number of amides is 1. The van der Waals surface area contributed by atoms with Crippen molar-refractivity contribution in [1.29, 1.82) is 0 Å². The zero-order valence-corrected chi connectivity index (χ0v) is 16.7. The molecule has 29 heavy (non-hydrogen) atoms. The predicted octanol–water partition coefficient (Wildman–Crippen LogP) is 2.68. The van der Waals surface area contributed by atoms with Crippen LogP contribution in [0.5, 0.6) is 0 Å². The molecule has 9 heteroatoms. The minimum absolute atomic E-state index is 0.0945. The van der Waals surface area contributed by atoms with E-state index in [1.807, 2.05) is 25.1 Å². The molecule has 0 saturated carbocycles. The molecule has 4 rings (SSSR count). The summed E-state index contributed by atoms with van der Waals surface area (Å²) in [6, 6.07) is 12.4. The van der Waals surface area contributed by atoms with Gasteiger partial charge in [-0.2, -0.15) is 9.40 Å². The number of likely N-dealkylation sites (N-methyl/N-ethyl adjacent to an activating group) is 1. The number of sulfonamides is 1. The fourth-order valence-corrected chi connectivity index (χ4v) is 4.56. The Labute approximate surface area is 167 Å². The summed E-state index contributed by atoms with van der Waals surface area (Å²) in [7, 11) is -2.51. The van der Waals surface area contributed by atoms with Crippen molar-refractivity contribution in [2.45, 2.75) is 11.8 Å². The molecule has 0 fully saturated rings. The van der Waals surface area contributed by atoms with Gasteiger partial charge in [-0.3, -0.25) is 14.9 Å². The van der Waals surface area contributed by atoms with E-state index in [1.54, 1.807) is 36.7 Å². The Morgan fingerprint density at radius 3 is 2.83 bits per heavy atom. The number of rotatable bonds is 5. The molecule has 0 atom stereocenters. The third-order valence-corrected chi connectivity index (χ3v) is 6.43. The highest BCUT2D eigenvalue weighted by Gasteiger charge is 2.26. The van der Waals surface area contributed by atoms with E-state index in [2.05, 4.69) is 20.5 Å². The van der Waals surface area contributed by atoms with E-state index in [0.29, 0.717) is 16.6 Å². The molecule has 0 aliphatic carbocycles. The minimum atomic E-state index is -3.89. The maximum Gasteiger partial charge on any atom is 0.245 e. The number of carbonyl (C=O) groups excluding carboxylic acids is 1. The van der Waals surface area contributed by atoms with Gasteiger partial charge in [0.1, 0.15) is 4.90 Å². The van der Waals surface area contributed by atoms with Crippen molar-refractivity contribution in [2.75, 3.05) is 18.9 Å². The molecule has 0 aliphatic rings. The number of hydrogen-bond donors (Lipinski definition) is 2. The molecule has 4 aromatic rings. The molecule has 2 heterocycles. The van der Waals surface area contributed by atoms with Crippen LogP contribution in [-0.4, -0.2) is 47.4 Å². The summed E-state index contributed by atoms with van der Waals surface area (Å²) >= 11 is 0. The summed E-state index contributed by atoms with van der Waals surface area (Å²) in [6.45, 7) is 1.49. The van der Waals surface area contributed by atoms with Crippen molar-refractivity contribution in [3.63, 3.8) is 0 Å². The lowest BCUT2D eigenvalue weighted by Gasteiger charge is -2.18. The van der Waals surface area contributed by atoms with Crippen molar-refractivity contribution in [3.8, 4) is 0 Å². The van der Waals surface area contributed by atoms with E-state index < -0.39 is 15.9 Å². The highest BCUT2D eigenvalue weighted by molar-refractivity contribution is 7.89. The second kappa shape index (κ2) is 7.26. The van der Waals surface area contributed by atoms with Crippen molar-refractivity contribution in [3.05, 3.63) is 60.4 Å². The van der Waals surface area contributed by atoms with E-state index in [0.717, 1.165) is 20.8 Å². The molecule has 0 saturated heterocycles. The van der Waals surface area contributed by atoms with Gasteiger partial charge in [0.2, 0.25) is 15.9 Å². The summed E-state index contributed by atoms with van der Waals surface area (Å²) in [5.74, 6) is -0.437. The van der Waals surface area contributed by atoms with Crippen LogP contribution in [0.15, 0.2) is 59.8 Å². The van der Waals surface area contributed by atoms with Gasteiger partial charge in [0.05, 0.1) is 23.8 Å². The first-order valence-electron chi connectivity index (χ1n) is 8.89. The van der Waals surface area contributed by atoms with Gasteiger partial charge in [-0.15, -0.1) is 0 Å². The van der Waals surface area contributed by atoms with Crippen LogP contribution in [0.25, 0.3) is 21.8 Å². The van der Waals surface area contributed by atoms with Crippen molar-refractivity contribution in [2.24, 2.45) is 0 Å². The van der Waals surface area contributed by atoms with Gasteiger partial charge in [0.15, 0.2) is 0 Å². The molecule has 0 aliphatic heterocycles. The Kier molecular flexibility index (Phi) is 4.77. The van der Waals surface area contributed by atoms with E-state index >= 15 is 0 Å². The van der Waals surface area contributed by atoms with Gasteiger partial charge in [-0.25, -0.2) is 8.42 Å². The lowest BCUT2D eigenvalue weighted by Crippen LogP contribution is -2.35. The van der Waals surface area contributed by atoms with Gasteiger partial charge < -0.3 is 5.32 Å². The van der Waals surface area contributed by atoms with Crippen LogP contribution in [0.2, 0.25) is 0 Å². The quantitative estimate of drug-likeness (QED) is 0.527. The van der Waals surface area contributed by atoms with Crippen LogP contribution in [-0.2, 0) is 14.8 Å². The van der Waals surface area contributed by atoms with Gasteiger partial charge in [0.25, 0.3) is 0 Å². The molecule has 2 aromatic carbocycles. The first-order valence-corrected chi connectivity index (χ1v) is 10.3. The number of nitrogens with one attached hydrogen (secondary N) is 2. The second-order valence-corrected chi connectivity index (χ2v) is 8.83. The van der Waals surface area contributed by atoms with E-state index in [4.69, 9.17) is 0 Å². The van der Waals surface area contributed by atoms with Crippen molar-refractivity contribution < 1.29 is 13.2 Å². The summed E-state index contributed by atoms with van der Waals surface area (Å²) < 4.78 is 27.1. The lowest BCUT2D eigenvalue weighted by molar-refractivity contribution is -0.116. The molecule has 0 radical (unpaired) electrons. The Balaban J connectivity index is 1.54. The summed E-state index contributed by atoms with van der Waals surface area (Å²) in [6.07, 6.45) is 3.27. The van der Waals surface area contributed by atoms with E-state index in [-0.39, 0.29) is 11.4 Å². The molecule has 0 bridgehead atoms. The Morgan fingerprint density at radius 2 is 2.00 bits per heavy atom. The smallest absolute Gasteiger partial charge is 0.245 e. The van der Waals surface area contributed by atoms with Crippen LogP contribution in [0.3, 0.4) is 0 Å². The lowest BCUT2D eigenvalue weighted by atomic mass is 10.2. The number of nitrogens with zero attached hydrogens (tertiary/aromatic N) is 3. The zero-order valence-electron chi connectivity index (χ0n) is 15.9. The third kappa shape index (κ3) is 3.69. The summed E-state index contributed by atoms with van der Waals surface area (Å²) in [4.78, 5) is 16.8. The number of aromatic amines is 1. The molecule has 0 unspecified atom stereocenters. The number of benzene rings is 2. The van der Waals surface area contributed by atoms with Crippen LogP contribution in [0.1, 0.15) is 5.56 Å². The Hall–Kier alpha value is -3.30. The molecule has 0 spiro atoms.